The van der Waals surface area contributed by atoms with Crippen LogP contribution < -0.4 is 14.8 Å². The van der Waals surface area contributed by atoms with Gasteiger partial charge in [0.25, 0.3) is 0 Å². The third-order valence-corrected chi connectivity index (χ3v) is 5.63. The number of para-hydroxylation sites is 2. The van der Waals surface area contributed by atoms with Crippen molar-refractivity contribution in [2.24, 2.45) is 0 Å². The summed E-state index contributed by atoms with van der Waals surface area (Å²) in [7, 11) is 0. The summed E-state index contributed by atoms with van der Waals surface area (Å²) >= 11 is 0. The van der Waals surface area contributed by atoms with Gasteiger partial charge in [-0.1, -0.05) is 30.3 Å². The first-order valence-electron chi connectivity index (χ1n) is 11.8. The van der Waals surface area contributed by atoms with Crippen molar-refractivity contribution in [2.45, 2.75) is 39.7 Å². The molecule has 0 aliphatic heterocycles. The number of hydrogen-bond donors (Lipinski definition) is 1. The van der Waals surface area contributed by atoms with Crippen molar-refractivity contribution in [3.05, 3.63) is 84.2 Å². The van der Waals surface area contributed by atoms with E-state index in [0.717, 1.165) is 52.2 Å². The maximum atomic E-state index is 12.3. The van der Waals surface area contributed by atoms with E-state index < -0.39 is 0 Å². The number of rotatable bonds is 11. The van der Waals surface area contributed by atoms with Gasteiger partial charge in [0.05, 0.1) is 24.2 Å². The molecule has 0 bridgehead atoms. The van der Waals surface area contributed by atoms with E-state index in [-0.39, 0.29) is 5.91 Å². The van der Waals surface area contributed by atoms with Gasteiger partial charge in [0.2, 0.25) is 5.91 Å². The number of imidazole rings is 1. The summed E-state index contributed by atoms with van der Waals surface area (Å²) in [6.45, 7) is 5.62. The highest BCUT2D eigenvalue weighted by Crippen LogP contribution is 2.29. The van der Waals surface area contributed by atoms with Gasteiger partial charge in [-0.3, -0.25) is 9.36 Å². The zero-order valence-corrected chi connectivity index (χ0v) is 19.8. The second-order valence-electron chi connectivity index (χ2n) is 8.05. The molecule has 0 atom stereocenters. The molecule has 0 spiro atoms. The number of aryl methyl sites for hydroxylation is 1. The molecule has 4 aromatic rings. The van der Waals surface area contributed by atoms with E-state index in [2.05, 4.69) is 33.1 Å². The van der Waals surface area contributed by atoms with E-state index in [0.29, 0.717) is 26.2 Å². The number of benzene rings is 3. The summed E-state index contributed by atoms with van der Waals surface area (Å²) in [6, 6.07) is 22.2. The van der Waals surface area contributed by atoms with Crippen LogP contribution in [-0.4, -0.2) is 28.7 Å². The van der Waals surface area contributed by atoms with Crippen LogP contribution in [0.2, 0.25) is 0 Å². The van der Waals surface area contributed by atoms with Gasteiger partial charge in [-0.15, -0.1) is 0 Å². The van der Waals surface area contributed by atoms with Gasteiger partial charge in [-0.2, -0.15) is 0 Å². The number of carbonyl (C=O) groups is 1. The fourth-order valence-corrected chi connectivity index (χ4v) is 3.93. The number of ether oxygens (including phenoxy) is 2. The molecular formula is C28H31N3O3. The Bertz CT molecular complexity index is 1230. The first-order valence-corrected chi connectivity index (χ1v) is 11.8. The number of aromatic nitrogens is 2. The Kier molecular flexibility index (Phi) is 7.81. The van der Waals surface area contributed by atoms with Crippen molar-refractivity contribution in [3.8, 4) is 17.2 Å². The highest BCUT2D eigenvalue weighted by Gasteiger charge is 2.08. The predicted octanol–water partition coefficient (Wildman–Crippen LogP) is 5.46. The molecule has 1 heterocycles. The van der Waals surface area contributed by atoms with E-state index in [9.17, 15) is 4.79 Å². The van der Waals surface area contributed by atoms with Crippen LogP contribution in [0.5, 0.6) is 11.5 Å². The zero-order chi connectivity index (χ0) is 23.8. The second kappa shape index (κ2) is 11.4. The summed E-state index contributed by atoms with van der Waals surface area (Å²) in [5.74, 6) is 1.58. The summed E-state index contributed by atoms with van der Waals surface area (Å²) in [5.41, 5.74) is 5.30. The number of fused-ring (bicyclic) bond motifs is 1. The summed E-state index contributed by atoms with van der Waals surface area (Å²) in [4.78, 5) is 16.8. The van der Waals surface area contributed by atoms with E-state index in [4.69, 9.17) is 9.47 Å². The quantitative estimate of drug-likeness (QED) is 0.325. The van der Waals surface area contributed by atoms with Crippen molar-refractivity contribution in [1.29, 1.82) is 0 Å². The van der Waals surface area contributed by atoms with E-state index >= 15 is 0 Å². The summed E-state index contributed by atoms with van der Waals surface area (Å²) in [6.07, 6.45) is 3.91. The molecule has 176 valence electrons. The molecule has 1 N–H and O–H groups in total. The third kappa shape index (κ3) is 5.76. The lowest BCUT2D eigenvalue weighted by atomic mass is 10.1. The van der Waals surface area contributed by atoms with Crippen molar-refractivity contribution < 1.29 is 14.3 Å². The molecule has 1 amide bonds. The Balaban J connectivity index is 1.25. The van der Waals surface area contributed by atoms with Crippen LogP contribution in [0, 0.1) is 0 Å². The Morgan fingerprint density at radius 1 is 0.912 bits per heavy atom. The van der Waals surface area contributed by atoms with Crippen molar-refractivity contribution in [2.75, 3.05) is 13.2 Å². The average molecular weight is 458 g/mol. The number of nitrogens with one attached hydrogen (secondary N) is 1. The molecule has 34 heavy (non-hydrogen) atoms. The average Bonchev–Trinajstić information content (AvgIpc) is 3.29. The topological polar surface area (TPSA) is 65.4 Å². The lowest BCUT2D eigenvalue weighted by molar-refractivity contribution is -0.121. The van der Waals surface area contributed by atoms with Crippen molar-refractivity contribution in [1.82, 2.24) is 14.9 Å². The normalized spacial score (nSPS) is 10.9. The molecule has 0 fully saturated rings. The Morgan fingerprint density at radius 2 is 1.65 bits per heavy atom. The maximum Gasteiger partial charge on any atom is 0.220 e. The minimum atomic E-state index is 0.0562. The monoisotopic (exact) mass is 457 g/mol. The lowest BCUT2D eigenvalue weighted by Crippen LogP contribution is -2.22. The largest absolute Gasteiger partial charge is 0.490 e. The van der Waals surface area contributed by atoms with E-state index in [1.807, 2.05) is 68.7 Å². The lowest BCUT2D eigenvalue weighted by Gasteiger charge is -2.12. The minimum absolute atomic E-state index is 0.0562. The van der Waals surface area contributed by atoms with Crippen LogP contribution in [0.4, 0.5) is 0 Å². The van der Waals surface area contributed by atoms with Crippen LogP contribution in [-0.2, 0) is 17.8 Å². The Hall–Kier alpha value is -3.80. The molecule has 6 heteroatoms. The molecule has 3 aromatic carbocycles. The summed E-state index contributed by atoms with van der Waals surface area (Å²) in [5, 5.41) is 3.02. The SMILES string of the molecule is CCOc1ccc(CCCC(=O)NCc2ccc(-n3cnc4ccccc43)cc2)cc1OCC. The molecule has 0 radical (unpaired) electrons. The second-order valence-corrected chi connectivity index (χ2v) is 8.05. The molecule has 0 aliphatic carbocycles. The van der Waals surface area contributed by atoms with Crippen molar-refractivity contribution in [3.63, 3.8) is 0 Å². The Morgan fingerprint density at radius 3 is 2.44 bits per heavy atom. The first-order chi connectivity index (χ1) is 16.7. The zero-order valence-electron chi connectivity index (χ0n) is 19.8. The van der Waals surface area contributed by atoms with Gasteiger partial charge in [-0.05, 0) is 74.2 Å². The van der Waals surface area contributed by atoms with Gasteiger partial charge in [0.15, 0.2) is 11.5 Å². The van der Waals surface area contributed by atoms with Gasteiger partial charge in [-0.25, -0.2) is 4.98 Å². The number of amides is 1. The molecule has 0 saturated heterocycles. The fraction of sp³-hybridized carbons (Fsp3) is 0.286. The number of carbonyl (C=O) groups excluding carboxylic acids is 1. The summed E-state index contributed by atoms with van der Waals surface area (Å²) < 4.78 is 13.4. The van der Waals surface area contributed by atoms with Gasteiger partial charge in [0.1, 0.15) is 6.33 Å². The van der Waals surface area contributed by atoms with Gasteiger partial charge in [0, 0.05) is 18.7 Å². The minimum Gasteiger partial charge on any atom is -0.490 e. The van der Waals surface area contributed by atoms with Crippen molar-refractivity contribution >= 4 is 16.9 Å². The standard InChI is InChI=1S/C28H31N3O3/c1-3-33-26-17-14-21(18-27(26)34-4-2)8-7-11-28(32)29-19-22-12-15-23(16-13-22)31-20-30-24-9-5-6-10-25(24)31/h5-6,9-10,12-18,20H,3-4,7-8,11,19H2,1-2H3,(H,29,32). The van der Waals surface area contributed by atoms with E-state index in [1.54, 1.807) is 0 Å². The van der Waals surface area contributed by atoms with Crippen LogP contribution >= 0.6 is 0 Å². The van der Waals surface area contributed by atoms with Crippen LogP contribution in [0.1, 0.15) is 37.8 Å². The molecule has 4 rings (SSSR count). The predicted molar refractivity (Wildman–Crippen MR) is 135 cm³/mol. The van der Waals surface area contributed by atoms with Gasteiger partial charge >= 0.3 is 0 Å². The van der Waals surface area contributed by atoms with Gasteiger partial charge < -0.3 is 14.8 Å². The maximum absolute atomic E-state index is 12.3. The first kappa shape index (κ1) is 23.4. The van der Waals surface area contributed by atoms with Crippen LogP contribution in [0.25, 0.3) is 16.7 Å². The highest BCUT2D eigenvalue weighted by molar-refractivity contribution is 5.77. The fourth-order valence-electron chi connectivity index (χ4n) is 3.93. The van der Waals surface area contributed by atoms with Crippen LogP contribution in [0.3, 0.4) is 0 Å². The molecule has 0 unspecified atom stereocenters. The smallest absolute Gasteiger partial charge is 0.220 e. The number of nitrogens with zero attached hydrogens (tertiary/aromatic N) is 2. The molecule has 0 aliphatic rings. The third-order valence-electron chi connectivity index (χ3n) is 5.63. The highest BCUT2D eigenvalue weighted by atomic mass is 16.5. The number of hydrogen-bond acceptors (Lipinski definition) is 4. The Labute approximate surface area is 200 Å². The molecular weight excluding hydrogens is 426 g/mol. The van der Waals surface area contributed by atoms with Crippen LogP contribution in [0.15, 0.2) is 73.1 Å². The molecule has 0 saturated carbocycles. The molecule has 1 aromatic heterocycles. The van der Waals surface area contributed by atoms with E-state index in [1.165, 1.54) is 0 Å². The molecule has 6 nitrogen and oxygen atoms in total.